The van der Waals surface area contributed by atoms with Crippen LogP contribution in [0.5, 0.6) is 5.75 Å². The van der Waals surface area contributed by atoms with Gasteiger partial charge in [0.2, 0.25) is 0 Å². The monoisotopic (exact) mass is 406 g/mol. The molecular weight excluding hydrogens is 380 g/mol. The van der Waals surface area contributed by atoms with Crippen molar-refractivity contribution in [2.45, 2.75) is 25.7 Å². The van der Waals surface area contributed by atoms with Crippen molar-refractivity contribution in [3.8, 4) is 5.75 Å². The number of esters is 1. The van der Waals surface area contributed by atoms with Crippen molar-refractivity contribution in [3.63, 3.8) is 0 Å². The highest BCUT2D eigenvalue weighted by atomic mass is 16.7. The predicted octanol–water partition coefficient (Wildman–Crippen LogP) is 4.51. The van der Waals surface area contributed by atoms with Gasteiger partial charge in [0, 0.05) is 12.8 Å². The molecule has 0 bridgehead atoms. The van der Waals surface area contributed by atoms with E-state index < -0.39 is 11.8 Å². The van der Waals surface area contributed by atoms with Crippen LogP contribution in [-0.4, -0.2) is 32.1 Å². The molecule has 0 aromatic heterocycles. The lowest BCUT2D eigenvalue weighted by molar-refractivity contribution is -0.272. The van der Waals surface area contributed by atoms with Crippen LogP contribution in [0.1, 0.15) is 18.1 Å². The maximum Gasteiger partial charge on any atom is 0.366 e. The summed E-state index contributed by atoms with van der Waals surface area (Å²) in [6, 6.07) is 22.7. The smallest absolute Gasteiger partial charge is 0.366 e. The van der Waals surface area contributed by atoms with E-state index in [2.05, 4.69) is 42.5 Å². The molecule has 1 aliphatic heterocycles. The predicted molar refractivity (Wildman–Crippen MR) is 114 cm³/mol. The van der Waals surface area contributed by atoms with Crippen LogP contribution in [0, 0.1) is 5.92 Å². The molecule has 5 nitrogen and oxygen atoms in total. The molecule has 30 heavy (non-hydrogen) atoms. The lowest BCUT2D eigenvalue weighted by Crippen LogP contribution is -2.48. The number of ether oxygens (including phenoxy) is 4. The molecule has 0 atom stereocenters. The number of benzene rings is 3. The van der Waals surface area contributed by atoms with Gasteiger partial charge in [-0.2, -0.15) is 0 Å². The third kappa shape index (κ3) is 4.64. The maximum atomic E-state index is 11.8. The van der Waals surface area contributed by atoms with Gasteiger partial charge in [-0.1, -0.05) is 54.6 Å². The molecule has 5 heteroatoms. The van der Waals surface area contributed by atoms with Crippen molar-refractivity contribution in [2.24, 2.45) is 5.92 Å². The summed E-state index contributed by atoms with van der Waals surface area (Å²) in [5.41, 5.74) is 2.35. The average Bonchev–Trinajstić information content (AvgIpc) is 2.79. The van der Waals surface area contributed by atoms with E-state index in [4.69, 9.17) is 18.9 Å². The molecule has 3 aromatic carbocycles. The molecule has 0 N–H and O–H groups in total. The molecule has 3 aromatic rings. The van der Waals surface area contributed by atoms with Gasteiger partial charge < -0.3 is 18.9 Å². The van der Waals surface area contributed by atoms with Crippen LogP contribution in [0.3, 0.4) is 0 Å². The summed E-state index contributed by atoms with van der Waals surface area (Å²) in [5.74, 6) is -0.758. The van der Waals surface area contributed by atoms with E-state index in [-0.39, 0.29) is 5.92 Å². The SMILES string of the molecule is COC(=O)C1(C)OCC(Cc2ccc3cc(OCc4ccccc4)ccc3c2)CO1. The van der Waals surface area contributed by atoms with Gasteiger partial charge in [-0.3, -0.25) is 0 Å². The van der Waals surface area contributed by atoms with Crippen LogP contribution in [0.25, 0.3) is 10.8 Å². The molecule has 156 valence electrons. The Morgan fingerprint density at radius 1 is 0.967 bits per heavy atom. The molecule has 1 saturated heterocycles. The molecule has 0 unspecified atom stereocenters. The average molecular weight is 406 g/mol. The van der Waals surface area contributed by atoms with Crippen LogP contribution >= 0.6 is 0 Å². The van der Waals surface area contributed by atoms with Crippen molar-refractivity contribution in [1.82, 2.24) is 0 Å². The Balaban J connectivity index is 1.37. The Hall–Kier alpha value is -2.89. The van der Waals surface area contributed by atoms with Crippen LogP contribution in [0.15, 0.2) is 66.7 Å². The summed E-state index contributed by atoms with van der Waals surface area (Å²) in [6.07, 6.45) is 0.819. The lowest BCUT2D eigenvalue weighted by Gasteiger charge is -2.35. The van der Waals surface area contributed by atoms with E-state index >= 15 is 0 Å². The van der Waals surface area contributed by atoms with Crippen molar-refractivity contribution in [1.29, 1.82) is 0 Å². The second kappa shape index (κ2) is 8.86. The van der Waals surface area contributed by atoms with E-state index in [1.165, 1.54) is 12.7 Å². The van der Waals surface area contributed by atoms with Crippen molar-refractivity contribution in [2.75, 3.05) is 20.3 Å². The first kappa shape index (κ1) is 20.4. The number of hydrogen-bond acceptors (Lipinski definition) is 5. The molecule has 0 radical (unpaired) electrons. The Labute approximate surface area is 176 Å². The van der Waals surface area contributed by atoms with Gasteiger partial charge in [0.25, 0.3) is 5.79 Å². The van der Waals surface area contributed by atoms with Crippen LogP contribution in [-0.2, 0) is 32.0 Å². The zero-order chi connectivity index (χ0) is 21.0. The number of carbonyl (C=O) groups is 1. The van der Waals surface area contributed by atoms with Gasteiger partial charge >= 0.3 is 5.97 Å². The van der Waals surface area contributed by atoms with Gasteiger partial charge in [0.15, 0.2) is 0 Å². The second-order valence-corrected chi connectivity index (χ2v) is 7.75. The largest absolute Gasteiger partial charge is 0.489 e. The van der Waals surface area contributed by atoms with Crippen molar-refractivity contribution < 1.29 is 23.7 Å². The number of hydrogen-bond donors (Lipinski definition) is 0. The molecule has 0 amide bonds. The van der Waals surface area contributed by atoms with Gasteiger partial charge in [-0.25, -0.2) is 4.79 Å². The van der Waals surface area contributed by atoms with Gasteiger partial charge in [0.1, 0.15) is 12.4 Å². The zero-order valence-electron chi connectivity index (χ0n) is 17.3. The molecule has 1 aliphatic rings. The number of carbonyl (C=O) groups excluding carboxylic acids is 1. The topological polar surface area (TPSA) is 54.0 Å². The molecule has 1 fully saturated rings. The number of methoxy groups -OCH3 is 1. The highest BCUT2D eigenvalue weighted by Crippen LogP contribution is 2.27. The van der Waals surface area contributed by atoms with E-state index in [0.717, 1.165) is 28.5 Å². The molecule has 0 saturated carbocycles. The lowest BCUT2D eigenvalue weighted by atomic mass is 9.97. The van der Waals surface area contributed by atoms with Crippen molar-refractivity contribution >= 4 is 16.7 Å². The zero-order valence-corrected chi connectivity index (χ0v) is 17.3. The summed E-state index contributed by atoms with van der Waals surface area (Å²) in [6.45, 7) is 3.06. The fourth-order valence-electron chi connectivity index (χ4n) is 3.63. The van der Waals surface area contributed by atoms with E-state index in [0.29, 0.717) is 19.8 Å². The third-order valence-electron chi connectivity index (χ3n) is 5.39. The third-order valence-corrected chi connectivity index (χ3v) is 5.39. The highest BCUT2D eigenvalue weighted by Gasteiger charge is 2.41. The summed E-state index contributed by atoms with van der Waals surface area (Å²) in [5, 5.41) is 2.30. The minimum absolute atomic E-state index is 0.189. The number of rotatable bonds is 6. The summed E-state index contributed by atoms with van der Waals surface area (Å²) < 4.78 is 22.0. The Kier molecular flexibility index (Phi) is 6.02. The molecular formula is C25H26O5. The molecule has 0 spiro atoms. The fourth-order valence-corrected chi connectivity index (χ4v) is 3.63. The van der Waals surface area contributed by atoms with Crippen LogP contribution in [0.4, 0.5) is 0 Å². The van der Waals surface area contributed by atoms with E-state index in [1.807, 2.05) is 24.3 Å². The fraction of sp³-hybridized carbons (Fsp3) is 0.320. The van der Waals surface area contributed by atoms with Crippen LogP contribution in [0.2, 0.25) is 0 Å². The van der Waals surface area contributed by atoms with Gasteiger partial charge in [-0.05, 0) is 40.5 Å². The van der Waals surface area contributed by atoms with E-state index in [9.17, 15) is 4.79 Å². The first-order chi connectivity index (χ1) is 14.6. The highest BCUT2D eigenvalue weighted by molar-refractivity contribution is 5.84. The van der Waals surface area contributed by atoms with Crippen LogP contribution < -0.4 is 4.74 Å². The summed E-state index contributed by atoms with van der Waals surface area (Å²) in [4.78, 5) is 11.8. The first-order valence-electron chi connectivity index (χ1n) is 10.1. The summed E-state index contributed by atoms with van der Waals surface area (Å²) in [7, 11) is 1.33. The maximum absolute atomic E-state index is 11.8. The Morgan fingerprint density at radius 3 is 2.40 bits per heavy atom. The molecule has 1 heterocycles. The molecule has 4 rings (SSSR count). The van der Waals surface area contributed by atoms with Crippen molar-refractivity contribution in [3.05, 3.63) is 77.9 Å². The van der Waals surface area contributed by atoms with Gasteiger partial charge in [0.05, 0.1) is 20.3 Å². The minimum Gasteiger partial charge on any atom is -0.489 e. The standard InChI is InChI=1S/C25H26O5/c1-25(24(26)27-2)29-16-20(17-30-25)12-19-8-9-22-14-23(11-10-21(22)13-19)28-15-18-6-4-3-5-7-18/h3-11,13-14,20H,12,15-17H2,1-2H3. The minimum atomic E-state index is -1.30. The number of fused-ring (bicyclic) bond motifs is 1. The van der Waals surface area contributed by atoms with Gasteiger partial charge in [-0.15, -0.1) is 0 Å². The quantitative estimate of drug-likeness (QED) is 0.564. The normalized spacial score (nSPS) is 21.3. The Morgan fingerprint density at radius 2 is 1.67 bits per heavy atom. The summed E-state index contributed by atoms with van der Waals surface area (Å²) >= 11 is 0. The first-order valence-corrected chi connectivity index (χ1v) is 10.1. The van der Waals surface area contributed by atoms with E-state index in [1.54, 1.807) is 6.92 Å². The second-order valence-electron chi connectivity index (χ2n) is 7.75. The Bertz CT molecular complexity index is 1010. The molecule has 0 aliphatic carbocycles.